The van der Waals surface area contributed by atoms with Crippen molar-refractivity contribution in [2.45, 2.75) is 25.4 Å². The molecule has 0 saturated heterocycles. The molecule has 7 nitrogen and oxygen atoms in total. The Balaban J connectivity index is 1.77. The zero-order chi connectivity index (χ0) is 19.8. The molecule has 142 valence electrons. The summed E-state index contributed by atoms with van der Waals surface area (Å²) < 4.78 is 18.4. The molecule has 4 rings (SSSR count). The van der Waals surface area contributed by atoms with Gasteiger partial charge in [-0.3, -0.25) is 9.69 Å². The van der Waals surface area contributed by atoms with Crippen molar-refractivity contribution in [3.8, 4) is 11.4 Å². The van der Waals surface area contributed by atoms with Gasteiger partial charge >= 0.3 is 11.9 Å². The van der Waals surface area contributed by atoms with Crippen LogP contribution >= 0.6 is 0 Å². The van der Waals surface area contributed by atoms with Gasteiger partial charge in [-0.1, -0.05) is 35.5 Å². The molecule has 2 aromatic carbocycles. The number of aliphatic carboxylic acids is 1. The summed E-state index contributed by atoms with van der Waals surface area (Å²) in [4.78, 5) is 29.2. The second kappa shape index (κ2) is 6.88. The van der Waals surface area contributed by atoms with Gasteiger partial charge in [0.25, 0.3) is 0 Å². The predicted molar refractivity (Wildman–Crippen MR) is 97.9 cm³/mol. The number of alkyl halides is 1. The number of hydrogen-bond acceptors (Lipinski definition) is 5. The first-order valence-electron chi connectivity index (χ1n) is 8.67. The Bertz CT molecular complexity index is 1050. The minimum atomic E-state index is -1.57. The molecule has 8 heteroatoms. The lowest BCUT2D eigenvalue weighted by Crippen LogP contribution is -2.33. The van der Waals surface area contributed by atoms with E-state index in [1.807, 2.05) is 0 Å². The maximum atomic E-state index is 13.2. The Morgan fingerprint density at radius 3 is 2.57 bits per heavy atom. The summed E-state index contributed by atoms with van der Waals surface area (Å²) in [5, 5.41) is 13.2. The first-order valence-corrected chi connectivity index (χ1v) is 8.67. The van der Waals surface area contributed by atoms with Crippen molar-refractivity contribution in [2.75, 3.05) is 4.90 Å². The number of amides is 1. The normalized spacial score (nSPS) is 17.9. The van der Waals surface area contributed by atoms with Crippen LogP contribution in [0.4, 0.5) is 15.8 Å². The molecule has 1 amide bonds. The molecule has 0 bridgehead atoms. The van der Waals surface area contributed by atoms with Crippen LogP contribution < -0.4 is 4.90 Å². The zero-order valence-electron chi connectivity index (χ0n) is 14.9. The van der Waals surface area contributed by atoms with Gasteiger partial charge in [0, 0.05) is 11.3 Å². The molecule has 1 N–H and O–H groups in total. The van der Waals surface area contributed by atoms with Gasteiger partial charge in [0.1, 0.15) is 6.17 Å². The third kappa shape index (κ3) is 3.24. The van der Waals surface area contributed by atoms with Crippen molar-refractivity contribution in [1.82, 2.24) is 10.1 Å². The van der Waals surface area contributed by atoms with Gasteiger partial charge < -0.3 is 9.63 Å². The first-order chi connectivity index (χ1) is 13.5. The van der Waals surface area contributed by atoms with E-state index in [4.69, 9.17) is 4.52 Å². The van der Waals surface area contributed by atoms with Gasteiger partial charge in [0.15, 0.2) is 0 Å². The maximum Gasteiger partial charge on any atom is 0.395 e. The summed E-state index contributed by atoms with van der Waals surface area (Å²) >= 11 is 0. The Morgan fingerprint density at radius 1 is 1.21 bits per heavy atom. The van der Waals surface area contributed by atoms with Gasteiger partial charge in [-0.2, -0.15) is 4.98 Å². The van der Waals surface area contributed by atoms with E-state index in [1.54, 1.807) is 55.5 Å². The molecule has 0 aliphatic heterocycles. The van der Waals surface area contributed by atoms with E-state index >= 15 is 0 Å². The van der Waals surface area contributed by atoms with Crippen LogP contribution in [0.3, 0.4) is 0 Å². The number of carboxylic acid groups (broad SMARTS) is 1. The number of rotatable bonds is 4. The number of aromatic nitrogens is 2. The molecule has 1 heterocycles. The average molecular weight is 381 g/mol. The van der Waals surface area contributed by atoms with Crippen LogP contribution in [0.2, 0.25) is 0 Å². The Kier molecular flexibility index (Phi) is 4.38. The molecular formula is C20H16FN3O4. The quantitative estimate of drug-likeness (QED) is 0.694. The van der Waals surface area contributed by atoms with Crippen molar-refractivity contribution >= 4 is 23.3 Å². The smallest absolute Gasteiger partial charge is 0.395 e. The third-order valence-corrected chi connectivity index (χ3v) is 4.58. The van der Waals surface area contributed by atoms with Gasteiger partial charge in [-0.25, -0.2) is 9.18 Å². The number of nitrogens with zero attached hydrogens (tertiary/aromatic N) is 3. The summed E-state index contributed by atoms with van der Waals surface area (Å²) in [5.74, 6) is -2.52. The number of halogens is 1. The van der Waals surface area contributed by atoms with E-state index in [0.717, 1.165) is 4.90 Å². The van der Waals surface area contributed by atoms with Crippen LogP contribution in [0, 0.1) is 6.92 Å². The predicted octanol–water partition coefficient (Wildman–Crippen LogP) is 3.62. The number of anilines is 2. The lowest BCUT2D eigenvalue weighted by molar-refractivity contribution is -0.148. The third-order valence-electron chi connectivity index (χ3n) is 4.58. The molecule has 28 heavy (non-hydrogen) atoms. The van der Waals surface area contributed by atoms with Gasteiger partial charge in [-0.15, -0.1) is 0 Å². The highest BCUT2D eigenvalue weighted by Crippen LogP contribution is 2.43. The van der Waals surface area contributed by atoms with Crippen LogP contribution in [0.5, 0.6) is 0 Å². The highest BCUT2D eigenvalue weighted by atomic mass is 19.1. The van der Waals surface area contributed by atoms with Gasteiger partial charge in [-0.05, 0) is 37.1 Å². The lowest BCUT2D eigenvalue weighted by atomic mass is 10.1. The van der Waals surface area contributed by atoms with E-state index < -0.39 is 18.0 Å². The van der Waals surface area contributed by atoms with E-state index in [1.165, 1.54) is 0 Å². The van der Waals surface area contributed by atoms with E-state index in [2.05, 4.69) is 10.1 Å². The monoisotopic (exact) mass is 381 g/mol. The number of aryl methyl sites for hydroxylation is 1. The fraction of sp³-hybridized carbons (Fsp3) is 0.200. The number of para-hydroxylation sites is 1. The molecule has 0 radical (unpaired) electrons. The summed E-state index contributed by atoms with van der Waals surface area (Å²) in [7, 11) is 0. The van der Waals surface area contributed by atoms with Crippen LogP contribution in [0.1, 0.15) is 23.8 Å². The van der Waals surface area contributed by atoms with Gasteiger partial charge in [0.05, 0.1) is 11.6 Å². The van der Waals surface area contributed by atoms with Crippen LogP contribution in [0.15, 0.2) is 53.1 Å². The van der Waals surface area contributed by atoms with Crippen molar-refractivity contribution in [2.24, 2.45) is 0 Å². The Hall–Kier alpha value is -3.55. The number of benzene rings is 2. The standard InChI is InChI=1S/C20H16FN3O4/c1-11-7-8-12(17-22-18(28-23-17)14-10-15(14)21)9-16(11)24(19(25)20(26)27)13-5-3-2-4-6-13/h2-9,14-15H,10H2,1H3,(H,26,27)/t14-,15-/m0/s1. The second-order valence-electron chi connectivity index (χ2n) is 6.60. The highest BCUT2D eigenvalue weighted by Gasteiger charge is 2.43. The molecule has 1 aliphatic rings. The number of carbonyl (C=O) groups is 2. The van der Waals surface area contributed by atoms with Crippen molar-refractivity contribution in [3.05, 3.63) is 60.0 Å². The SMILES string of the molecule is Cc1ccc(-c2noc([C@H]3C[C@@H]3F)n2)cc1N(C(=O)C(=O)O)c1ccccc1. The summed E-state index contributed by atoms with van der Waals surface area (Å²) in [6, 6.07) is 13.6. The molecular weight excluding hydrogens is 365 g/mol. The van der Waals surface area contributed by atoms with Crippen LogP contribution in [0.25, 0.3) is 11.4 Å². The Morgan fingerprint density at radius 2 is 1.93 bits per heavy atom. The van der Waals surface area contributed by atoms with Crippen molar-refractivity contribution in [1.29, 1.82) is 0 Å². The van der Waals surface area contributed by atoms with E-state index in [-0.39, 0.29) is 17.6 Å². The molecule has 1 fully saturated rings. The molecule has 1 saturated carbocycles. The number of carbonyl (C=O) groups excluding carboxylic acids is 1. The second-order valence-corrected chi connectivity index (χ2v) is 6.60. The number of hydrogen-bond donors (Lipinski definition) is 1. The number of carboxylic acids is 1. The summed E-state index contributed by atoms with van der Waals surface area (Å²) in [6.07, 6.45) is -0.584. The fourth-order valence-corrected chi connectivity index (χ4v) is 2.95. The Labute approximate surface area is 159 Å². The van der Waals surface area contributed by atoms with Crippen molar-refractivity contribution in [3.63, 3.8) is 0 Å². The maximum absolute atomic E-state index is 13.2. The molecule has 2 atom stereocenters. The summed E-state index contributed by atoms with van der Waals surface area (Å²) in [5.41, 5.74) is 2.03. The molecule has 3 aromatic rings. The van der Waals surface area contributed by atoms with Gasteiger partial charge in [0.2, 0.25) is 11.7 Å². The fourth-order valence-electron chi connectivity index (χ4n) is 2.95. The zero-order valence-corrected chi connectivity index (χ0v) is 14.9. The summed E-state index contributed by atoms with van der Waals surface area (Å²) in [6.45, 7) is 1.77. The molecule has 1 aromatic heterocycles. The van der Waals surface area contributed by atoms with Crippen LogP contribution in [-0.4, -0.2) is 33.3 Å². The van der Waals surface area contributed by atoms with Crippen molar-refractivity contribution < 1.29 is 23.6 Å². The minimum Gasteiger partial charge on any atom is -0.474 e. The molecule has 0 unspecified atom stereocenters. The largest absolute Gasteiger partial charge is 0.474 e. The average Bonchev–Trinajstić information content (AvgIpc) is 3.22. The molecule has 1 aliphatic carbocycles. The topological polar surface area (TPSA) is 96.5 Å². The van der Waals surface area contributed by atoms with E-state index in [0.29, 0.717) is 28.9 Å². The van der Waals surface area contributed by atoms with Crippen LogP contribution in [-0.2, 0) is 9.59 Å². The first kappa shape index (κ1) is 17.8. The highest BCUT2D eigenvalue weighted by molar-refractivity contribution is 6.39. The lowest BCUT2D eigenvalue weighted by Gasteiger charge is -2.23. The minimum absolute atomic E-state index is 0.242. The molecule has 0 spiro atoms. The van der Waals surface area contributed by atoms with E-state index in [9.17, 15) is 19.1 Å².